The fraction of sp³-hybridized carbons (Fsp3) is 0.864. The SMILES string of the molecule is CN1CCC(C#N)(NC(=O)C(CCC2CCCCC2)OC(=O)N2CCOCC2)CC1. The van der Waals surface area contributed by atoms with Gasteiger partial charge in [0.25, 0.3) is 5.91 Å². The lowest BCUT2D eigenvalue weighted by molar-refractivity contribution is -0.132. The van der Waals surface area contributed by atoms with Crippen molar-refractivity contribution in [2.75, 3.05) is 46.4 Å². The Kier molecular flexibility index (Phi) is 8.34. The van der Waals surface area contributed by atoms with E-state index in [9.17, 15) is 14.9 Å². The van der Waals surface area contributed by atoms with Crippen LogP contribution in [0.1, 0.15) is 57.8 Å². The normalized spacial score (nSPS) is 23.9. The van der Waals surface area contributed by atoms with E-state index in [1.54, 1.807) is 4.90 Å². The number of carbonyl (C=O) groups is 2. The van der Waals surface area contributed by atoms with Crippen molar-refractivity contribution in [2.45, 2.75) is 69.4 Å². The molecule has 0 aromatic rings. The fourth-order valence-corrected chi connectivity index (χ4v) is 4.63. The number of nitrogens with zero attached hydrogens (tertiary/aromatic N) is 3. The quantitative estimate of drug-likeness (QED) is 0.708. The molecule has 3 rings (SSSR count). The second-order valence-corrected chi connectivity index (χ2v) is 9.04. The van der Waals surface area contributed by atoms with Crippen LogP contribution in [0, 0.1) is 17.2 Å². The lowest BCUT2D eigenvalue weighted by atomic mass is 9.85. The molecule has 30 heavy (non-hydrogen) atoms. The molecule has 1 aliphatic carbocycles. The molecule has 0 aromatic heterocycles. The summed E-state index contributed by atoms with van der Waals surface area (Å²) in [6.45, 7) is 3.44. The highest BCUT2D eigenvalue weighted by atomic mass is 16.6. The number of morpholine rings is 1. The van der Waals surface area contributed by atoms with Crippen molar-refractivity contribution in [3.63, 3.8) is 0 Å². The molecule has 0 radical (unpaired) electrons. The third kappa shape index (κ3) is 6.32. The van der Waals surface area contributed by atoms with Crippen molar-refractivity contribution in [3.8, 4) is 6.07 Å². The first-order valence-electron chi connectivity index (χ1n) is 11.5. The van der Waals surface area contributed by atoms with Gasteiger partial charge in [-0.2, -0.15) is 5.26 Å². The molecular formula is C22H36N4O4. The molecule has 0 bridgehead atoms. The maximum Gasteiger partial charge on any atom is 0.410 e. The van der Waals surface area contributed by atoms with Crippen molar-refractivity contribution in [2.24, 2.45) is 5.92 Å². The number of likely N-dealkylation sites (tertiary alicyclic amines) is 1. The third-order valence-corrected chi connectivity index (χ3v) is 6.78. The number of rotatable bonds is 6. The summed E-state index contributed by atoms with van der Waals surface area (Å²) in [5.74, 6) is 0.253. The summed E-state index contributed by atoms with van der Waals surface area (Å²) in [7, 11) is 2.01. The van der Waals surface area contributed by atoms with Crippen molar-refractivity contribution in [1.29, 1.82) is 5.26 Å². The Labute approximate surface area is 179 Å². The van der Waals surface area contributed by atoms with Crippen LogP contribution < -0.4 is 5.32 Å². The van der Waals surface area contributed by atoms with E-state index in [0.29, 0.717) is 51.5 Å². The van der Waals surface area contributed by atoms with E-state index < -0.39 is 17.7 Å². The van der Waals surface area contributed by atoms with Crippen molar-refractivity contribution >= 4 is 12.0 Å². The summed E-state index contributed by atoms with van der Waals surface area (Å²) in [5.41, 5.74) is -0.877. The zero-order chi connectivity index (χ0) is 21.4. The Balaban J connectivity index is 1.62. The topological polar surface area (TPSA) is 94.9 Å². The Bertz CT molecular complexity index is 615. The minimum atomic E-state index is -0.877. The molecule has 8 heteroatoms. The molecule has 1 atom stereocenters. The van der Waals surface area contributed by atoms with E-state index in [1.807, 2.05) is 7.05 Å². The van der Waals surface area contributed by atoms with Crippen LogP contribution in [0.4, 0.5) is 4.79 Å². The molecule has 2 heterocycles. The van der Waals surface area contributed by atoms with Gasteiger partial charge in [0.15, 0.2) is 6.10 Å². The van der Waals surface area contributed by atoms with E-state index in [1.165, 1.54) is 32.1 Å². The van der Waals surface area contributed by atoms with Gasteiger partial charge >= 0.3 is 6.09 Å². The van der Waals surface area contributed by atoms with Crippen LogP contribution in [0.2, 0.25) is 0 Å². The molecule has 1 unspecified atom stereocenters. The minimum absolute atomic E-state index is 0.335. The summed E-state index contributed by atoms with van der Waals surface area (Å²) in [5, 5.41) is 12.7. The number of nitriles is 1. The Morgan fingerprint density at radius 3 is 2.47 bits per heavy atom. The van der Waals surface area contributed by atoms with Gasteiger partial charge in [0.2, 0.25) is 0 Å². The molecule has 2 amide bonds. The van der Waals surface area contributed by atoms with Crippen molar-refractivity contribution < 1.29 is 19.1 Å². The zero-order valence-corrected chi connectivity index (χ0v) is 18.2. The van der Waals surface area contributed by atoms with Crippen LogP contribution in [-0.4, -0.2) is 79.9 Å². The van der Waals surface area contributed by atoms with Gasteiger partial charge in [0, 0.05) is 26.2 Å². The number of carbonyl (C=O) groups excluding carboxylic acids is 2. The number of ether oxygens (including phenoxy) is 2. The standard InChI is InChI=1S/C22H36N4O4/c1-25-11-9-22(17-23,10-12-25)24-20(27)19(8-7-18-5-3-2-4-6-18)30-21(28)26-13-15-29-16-14-26/h18-19H,2-16H2,1H3,(H,24,27). The third-order valence-electron chi connectivity index (χ3n) is 6.78. The van der Waals surface area contributed by atoms with Gasteiger partial charge in [-0.05, 0) is 38.6 Å². The number of hydrogen-bond donors (Lipinski definition) is 1. The number of hydrogen-bond acceptors (Lipinski definition) is 6. The predicted octanol–water partition coefficient (Wildman–Crippen LogP) is 2.29. The van der Waals surface area contributed by atoms with Gasteiger partial charge in [0.05, 0.1) is 19.3 Å². The molecular weight excluding hydrogens is 384 g/mol. The molecule has 2 aliphatic heterocycles. The van der Waals surface area contributed by atoms with Gasteiger partial charge in [0.1, 0.15) is 5.54 Å². The lowest BCUT2D eigenvalue weighted by Gasteiger charge is -2.37. The first kappa shape index (κ1) is 22.8. The number of nitrogens with one attached hydrogen (secondary N) is 1. The summed E-state index contributed by atoms with van der Waals surface area (Å²) < 4.78 is 11.0. The Morgan fingerprint density at radius 1 is 1.17 bits per heavy atom. The number of piperidine rings is 1. The Hall–Kier alpha value is -1.85. The highest BCUT2D eigenvalue weighted by molar-refractivity contribution is 5.84. The summed E-state index contributed by atoms with van der Waals surface area (Å²) >= 11 is 0. The molecule has 0 aromatic carbocycles. The highest BCUT2D eigenvalue weighted by Crippen LogP contribution is 2.29. The van der Waals surface area contributed by atoms with Crippen LogP contribution >= 0.6 is 0 Å². The number of amides is 2. The van der Waals surface area contributed by atoms with E-state index >= 15 is 0 Å². The minimum Gasteiger partial charge on any atom is -0.436 e. The molecule has 2 saturated heterocycles. The molecule has 3 aliphatic rings. The molecule has 1 saturated carbocycles. The van der Waals surface area contributed by atoms with Crippen LogP contribution in [0.5, 0.6) is 0 Å². The van der Waals surface area contributed by atoms with Gasteiger partial charge in [-0.3, -0.25) is 4.79 Å². The largest absolute Gasteiger partial charge is 0.436 e. The van der Waals surface area contributed by atoms with Crippen molar-refractivity contribution in [3.05, 3.63) is 0 Å². The second-order valence-electron chi connectivity index (χ2n) is 9.04. The highest BCUT2D eigenvalue weighted by Gasteiger charge is 2.38. The molecule has 168 valence electrons. The van der Waals surface area contributed by atoms with Crippen LogP contribution in [0.15, 0.2) is 0 Å². The molecule has 0 spiro atoms. The molecule has 3 fully saturated rings. The van der Waals surface area contributed by atoms with E-state index in [-0.39, 0.29) is 5.91 Å². The van der Waals surface area contributed by atoms with E-state index in [4.69, 9.17) is 9.47 Å². The summed E-state index contributed by atoms with van der Waals surface area (Å²) in [6.07, 6.45) is 7.34. The lowest BCUT2D eigenvalue weighted by Crippen LogP contribution is -2.56. The second kappa shape index (κ2) is 11.0. The first-order valence-corrected chi connectivity index (χ1v) is 11.5. The van der Waals surface area contributed by atoms with Crippen molar-refractivity contribution in [1.82, 2.24) is 15.1 Å². The average Bonchev–Trinajstić information content (AvgIpc) is 2.79. The van der Waals surface area contributed by atoms with Crippen LogP contribution in [0.25, 0.3) is 0 Å². The fourth-order valence-electron chi connectivity index (χ4n) is 4.63. The van der Waals surface area contributed by atoms with Gasteiger partial charge in [-0.25, -0.2) is 4.79 Å². The first-order chi connectivity index (χ1) is 14.5. The predicted molar refractivity (Wildman–Crippen MR) is 112 cm³/mol. The van der Waals surface area contributed by atoms with Gasteiger partial charge < -0.3 is 24.6 Å². The molecule has 1 N–H and O–H groups in total. The summed E-state index contributed by atoms with van der Waals surface area (Å²) in [6, 6.07) is 2.32. The summed E-state index contributed by atoms with van der Waals surface area (Å²) in [4.78, 5) is 29.5. The van der Waals surface area contributed by atoms with E-state index in [2.05, 4.69) is 16.3 Å². The van der Waals surface area contributed by atoms with E-state index in [0.717, 1.165) is 19.5 Å². The maximum atomic E-state index is 13.2. The maximum absolute atomic E-state index is 13.2. The van der Waals surface area contributed by atoms with Gasteiger partial charge in [-0.1, -0.05) is 32.1 Å². The average molecular weight is 421 g/mol. The Morgan fingerprint density at radius 2 is 1.83 bits per heavy atom. The zero-order valence-electron chi connectivity index (χ0n) is 18.2. The monoisotopic (exact) mass is 420 g/mol. The molecule has 8 nitrogen and oxygen atoms in total. The van der Waals surface area contributed by atoms with Gasteiger partial charge in [-0.15, -0.1) is 0 Å². The van der Waals surface area contributed by atoms with Crippen LogP contribution in [0.3, 0.4) is 0 Å². The van der Waals surface area contributed by atoms with Crippen LogP contribution in [-0.2, 0) is 14.3 Å². The smallest absolute Gasteiger partial charge is 0.410 e.